The molecule has 0 nitrogen and oxygen atoms in total. The maximum absolute atomic E-state index is 2.40. The van der Waals surface area contributed by atoms with E-state index in [1.807, 2.05) is 0 Å². The summed E-state index contributed by atoms with van der Waals surface area (Å²) in [5.41, 5.74) is 3.02. The Morgan fingerprint density at radius 3 is 2.44 bits per heavy atom. The minimum absolute atomic E-state index is 0.981. The molecule has 88 valence electrons. The normalized spacial score (nSPS) is 25.6. The highest BCUT2D eigenvalue weighted by Crippen LogP contribution is 2.31. The average Bonchev–Trinajstić information content (AvgIpc) is 2.30. The third-order valence-corrected chi connectivity index (χ3v) is 4.22. The van der Waals surface area contributed by atoms with Crippen molar-refractivity contribution < 1.29 is 0 Å². The molecule has 0 aliphatic heterocycles. The van der Waals surface area contributed by atoms with Crippen LogP contribution in [-0.4, -0.2) is 0 Å². The SMILES string of the molecule is Cc1ccccc1CCC1CCC(C)CC1. The molecule has 0 atom stereocenters. The van der Waals surface area contributed by atoms with E-state index in [0.717, 1.165) is 11.8 Å². The summed E-state index contributed by atoms with van der Waals surface area (Å²) >= 11 is 0. The number of benzene rings is 1. The van der Waals surface area contributed by atoms with E-state index in [9.17, 15) is 0 Å². The molecule has 1 fully saturated rings. The van der Waals surface area contributed by atoms with Crippen LogP contribution >= 0.6 is 0 Å². The number of hydrogen-bond acceptors (Lipinski definition) is 0. The summed E-state index contributed by atoms with van der Waals surface area (Å²) in [5.74, 6) is 1.98. The Hall–Kier alpha value is -0.780. The molecule has 0 heterocycles. The second-order valence-corrected chi connectivity index (χ2v) is 5.59. The first-order valence-electron chi connectivity index (χ1n) is 6.80. The Morgan fingerprint density at radius 2 is 1.75 bits per heavy atom. The van der Waals surface area contributed by atoms with E-state index >= 15 is 0 Å². The smallest absolute Gasteiger partial charge is 0.0274 e. The van der Waals surface area contributed by atoms with Crippen LogP contribution < -0.4 is 0 Å². The fourth-order valence-electron chi connectivity index (χ4n) is 2.87. The van der Waals surface area contributed by atoms with Gasteiger partial charge in [0.25, 0.3) is 0 Å². The molecule has 1 aliphatic carbocycles. The molecule has 0 radical (unpaired) electrons. The summed E-state index contributed by atoms with van der Waals surface area (Å²) in [6, 6.07) is 8.84. The lowest BCUT2D eigenvalue weighted by Crippen LogP contribution is -2.13. The van der Waals surface area contributed by atoms with Crippen molar-refractivity contribution >= 4 is 0 Å². The van der Waals surface area contributed by atoms with Gasteiger partial charge in [0, 0.05) is 0 Å². The van der Waals surface area contributed by atoms with Crippen LogP contribution in [0.4, 0.5) is 0 Å². The van der Waals surface area contributed by atoms with Gasteiger partial charge in [-0.1, -0.05) is 56.9 Å². The van der Waals surface area contributed by atoms with Gasteiger partial charge in [0.1, 0.15) is 0 Å². The molecule has 0 amide bonds. The molecule has 0 heteroatoms. The lowest BCUT2D eigenvalue weighted by molar-refractivity contribution is 0.277. The zero-order chi connectivity index (χ0) is 11.4. The first kappa shape index (κ1) is 11.7. The van der Waals surface area contributed by atoms with Crippen molar-refractivity contribution in [3.8, 4) is 0 Å². The van der Waals surface area contributed by atoms with Crippen LogP contribution in [-0.2, 0) is 6.42 Å². The first-order chi connectivity index (χ1) is 7.75. The van der Waals surface area contributed by atoms with Crippen LogP contribution in [0.1, 0.15) is 50.2 Å². The molecule has 1 aliphatic rings. The van der Waals surface area contributed by atoms with Crippen LogP contribution in [0.15, 0.2) is 24.3 Å². The molecular weight excluding hydrogens is 192 g/mol. The van der Waals surface area contributed by atoms with E-state index in [-0.39, 0.29) is 0 Å². The quantitative estimate of drug-likeness (QED) is 0.683. The van der Waals surface area contributed by atoms with E-state index < -0.39 is 0 Å². The van der Waals surface area contributed by atoms with Gasteiger partial charge in [-0.25, -0.2) is 0 Å². The van der Waals surface area contributed by atoms with E-state index in [2.05, 4.69) is 38.1 Å². The zero-order valence-corrected chi connectivity index (χ0v) is 10.7. The van der Waals surface area contributed by atoms with Gasteiger partial charge in [0.05, 0.1) is 0 Å². The predicted molar refractivity (Wildman–Crippen MR) is 70.6 cm³/mol. The highest BCUT2D eigenvalue weighted by molar-refractivity contribution is 5.25. The maximum atomic E-state index is 2.40. The molecule has 0 bridgehead atoms. The monoisotopic (exact) mass is 216 g/mol. The summed E-state index contributed by atoms with van der Waals surface area (Å²) in [6.45, 7) is 4.63. The van der Waals surface area contributed by atoms with Crippen LogP contribution in [0.2, 0.25) is 0 Å². The molecule has 2 rings (SSSR count). The fraction of sp³-hybridized carbons (Fsp3) is 0.625. The van der Waals surface area contributed by atoms with Crippen molar-refractivity contribution in [3.63, 3.8) is 0 Å². The van der Waals surface area contributed by atoms with Gasteiger partial charge in [0.15, 0.2) is 0 Å². The highest BCUT2D eigenvalue weighted by Gasteiger charge is 2.17. The molecule has 16 heavy (non-hydrogen) atoms. The second-order valence-electron chi connectivity index (χ2n) is 5.59. The van der Waals surface area contributed by atoms with Gasteiger partial charge in [-0.2, -0.15) is 0 Å². The van der Waals surface area contributed by atoms with E-state index in [0.29, 0.717) is 0 Å². The number of aryl methyl sites for hydroxylation is 2. The van der Waals surface area contributed by atoms with Gasteiger partial charge >= 0.3 is 0 Å². The lowest BCUT2D eigenvalue weighted by Gasteiger charge is -2.26. The molecule has 0 aromatic heterocycles. The minimum Gasteiger partial charge on any atom is -0.0625 e. The van der Waals surface area contributed by atoms with Gasteiger partial charge in [-0.15, -0.1) is 0 Å². The van der Waals surface area contributed by atoms with Crippen molar-refractivity contribution in [1.82, 2.24) is 0 Å². The Bertz CT molecular complexity index is 319. The lowest BCUT2D eigenvalue weighted by atomic mass is 9.80. The van der Waals surface area contributed by atoms with Gasteiger partial charge in [-0.05, 0) is 42.7 Å². The maximum Gasteiger partial charge on any atom is -0.0274 e. The summed E-state index contributed by atoms with van der Waals surface area (Å²) in [6.07, 6.45) is 8.53. The molecule has 0 unspecified atom stereocenters. The fourth-order valence-corrected chi connectivity index (χ4v) is 2.87. The van der Waals surface area contributed by atoms with E-state index in [1.54, 1.807) is 5.56 Å². The van der Waals surface area contributed by atoms with Crippen LogP contribution in [0, 0.1) is 18.8 Å². The molecule has 1 saturated carbocycles. The Morgan fingerprint density at radius 1 is 1.06 bits per heavy atom. The molecule has 1 aromatic rings. The summed E-state index contributed by atoms with van der Waals surface area (Å²) in [5, 5.41) is 0. The Balaban J connectivity index is 1.81. The molecule has 0 saturated heterocycles. The third kappa shape index (κ3) is 3.10. The summed E-state index contributed by atoms with van der Waals surface area (Å²) in [7, 11) is 0. The largest absolute Gasteiger partial charge is 0.0625 e. The zero-order valence-electron chi connectivity index (χ0n) is 10.7. The summed E-state index contributed by atoms with van der Waals surface area (Å²) in [4.78, 5) is 0. The van der Waals surface area contributed by atoms with Crippen LogP contribution in [0.5, 0.6) is 0 Å². The van der Waals surface area contributed by atoms with Crippen molar-refractivity contribution in [1.29, 1.82) is 0 Å². The van der Waals surface area contributed by atoms with Crippen LogP contribution in [0.25, 0.3) is 0 Å². The number of hydrogen-bond donors (Lipinski definition) is 0. The second kappa shape index (κ2) is 5.52. The van der Waals surface area contributed by atoms with Gasteiger partial charge in [-0.3, -0.25) is 0 Å². The van der Waals surface area contributed by atoms with Crippen molar-refractivity contribution in [2.75, 3.05) is 0 Å². The van der Waals surface area contributed by atoms with Crippen LogP contribution in [0.3, 0.4) is 0 Å². The van der Waals surface area contributed by atoms with E-state index in [4.69, 9.17) is 0 Å². The Labute approximate surface area is 100 Å². The first-order valence-corrected chi connectivity index (χ1v) is 6.80. The molecule has 0 spiro atoms. The molecule has 1 aromatic carbocycles. The minimum atomic E-state index is 0.981. The summed E-state index contributed by atoms with van der Waals surface area (Å²) < 4.78 is 0. The van der Waals surface area contributed by atoms with E-state index in [1.165, 1.54) is 44.1 Å². The standard InChI is InChI=1S/C16H24/c1-13-7-9-15(10-8-13)11-12-16-6-4-3-5-14(16)2/h3-6,13,15H,7-12H2,1-2H3. The van der Waals surface area contributed by atoms with Crippen molar-refractivity contribution in [3.05, 3.63) is 35.4 Å². The highest BCUT2D eigenvalue weighted by atomic mass is 14.2. The molecular formula is C16H24. The van der Waals surface area contributed by atoms with Crippen molar-refractivity contribution in [2.45, 2.75) is 52.4 Å². The van der Waals surface area contributed by atoms with Gasteiger partial charge < -0.3 is 0 Å². The molecule has 0 N–H and O–H groups in total. The number of rotatable bonds is 3. The Kier molecular flexibility index (Phi) is 4.04. The third-order valence-electron chi connectivity index (χ3n) is 4.22. The topological polar surface area (TPSA) is 0 Å². The van der Waals surface area contributed by atoms with Gasteiger partial charge in [0.2, 0.25) is 0 Å². The average molecular weight is 216 g/mol. The van der Waals surface area contributed by atoms with Crippen molar-refractivity contribution in [2.24, 2.45) is 11.8 Å². The predicted octanol–water partition coefficient (Wildman–Crippen LogP) is 4.75.